The largest absolute Gasteiger partial charge is 0.354 e. The summed E-state index contributed by atoms with van der Waals surface area (Å²) >= 11 is 0. The zero-order chi connectivity index (χ0) is 13.7. The van der Waals surface area contributed by atoms with E-state index in [2.05, 4.69) is 5.32 Å². The van der Waals surface area contributed by atoms with Crippen LogP contribution in [0.1, 0.15) is 6.92 Å². The predicted octanol–water partition coefficient (Wildman–Crippen LogP) is 0.471. The van der Waals surface area contributed by atoms with Crippen molar-refractivity contribution in [1.29, 1.82) is 0 Å². The Kier molecular flexibility index (Phi) is 4.52. The second-order valence-electron chi connectivity index (χ2n) is 4.53. The van der Waals surface area contributed by atoms with E-state index in [4.69, 9.17) is 0 Å². The van der Waals surface area contributed by atoms with Crippen molar-refractivity contribution in [3.63, 3.8) is 0 Å². The highest BCUT2D eigenvalue weighted by Gasteiger charge is 2.21. The quantitative estimate of drug-likeness (QED) is 0.857. The topological polar surface area (TPSA) is 52.7 Å². The first-order chi connectivity index (χ1) is 9.20. The first-order valence-electron chi connectivity index (χ1n) is 6.55. The molecule has 1 N–H and O–H groups in total. The minimum atomic E-state index is -0.0122. The molecule has 2 rings (SSSR count). The molecule has 2 amide bonds. The normalized spacial score (nSPS) is 15.9. The van der Waals surface area contributed by atoms with Crippen LogP contribution in [0.4, 0.5) is 5.69 Å². The number of benzene rings is 1. The third-order valence-corrected chi connectivity index (χ3v) is 3.16. The lowest BCUT2D eigenvalue weighted by molar-refractivity contribution is -0.126. The third-order valence-electron chi connectivity index (χ3n) is 3.16. The van der Waals surface area contributed by atoms with Gasteiger partial charge in [-0.1, -0.05) is 18.2 Å². The minimum absolute atomic E-state index is 0.0122. The fourth-order valence-electron chi connectivity index (χ4n) is 2.21. The zero-order valence-electron chi connectivity index (χ0n) is 11.1. The second-order valence-corrected chi connectivity index (χ2v) is 4.53. The highest BCUT2D eigenvalue weighted by atomic mass is 16.2. The highest BCUT2D eigenvalue weighted by molar-refractivity contribution is 5.95. The molecule has 1 aliphatic heterocycles. The fraction of sp³-hybridized carbons (Fsp3) is 0.429. The number of para-hydroxylation sites is 1. The molecule has 0 aliphatic carbocycles. The molecule has 0 spiro atoms. The maximum Gasteiger partial charge on any atom is 0.241 e. The number of carbonyl (C=O) groups excluding carboxylic acids is 2. The van der Waals surface area contributed by atoms with E-state index in [1.54, 1.807) is 4.90 Å². The Morgan fingerprint density at radius 1 is 1.37 bits per heavy atom. The molecular weight excluding hydrogens is 242 g/mol. The van der Waals surface area contributed by atoms with Crippen molar-refractivity contribution in [2.75, 3.05) is 37.6 Å². The number of hydrogen-bond acceptors (Lipinski definition) is 3. The summed E-state index contributed by atoms with van der Waals surface area (Å²) in [6, 6.07) is 9.60. The van der Waals surface area contributed by atoms with Crippen molar-refractivity contribution >= 4 is 17.5 Å². The van der Waals surface area contributed by atoms with Gasteiger partial charge >= 0.3 is 0 Å². The van der Waals surface area contributed by atoms with Crippen molar-refractivity contribution in [3.05, 3.63) is 30.3 Å². The number of anilines is 1. The van der Waals surface area contributed by atoms with Crippen molar-refractivity contribution in [2.45, 2.75) is 6.92 Å². The van der Waals surface area contributed by atoms with Crippen LogP contribution >= 0.6 is 0 Å². The van der Waals surface area contributed by atoms with Gasteiger partial charge in [-0.3, -0.25) is 14.5 Å². The van der Waals surface area contributed by atoms with Crippen LogP contribution in [0.15, 0.2) is 30.3 Å². The number of amides is 2. The van der Waals surface area contributed by atoms with Crippen LogP contribution < -0.4 is 10.2 Å². The summed E-state index contributed by atoms with van der Waals surface area (Å²) in [5.41, 5.74) is 0.900. The van der Waals surface area contributed by atoms with Gasteiger partial charge in [0.2, 0.25) is 11.8 Å². The number of nitrogens with zero attached hydrogens (tertiary/aromatic N) is 2. The standard InChI is InChI=1S/C14H19N3O2/c1-2-17(12-6-4-3-5-7-12)14(19)11-16-9-8-15-13(18)10-16/h3-7H,2,8-11H2,1H3,(H,15,18). The van der Waals surface area contributed by atoms with Crippen LogP contribution in [0.3, 0.4) is 0 Å². The number of nitrogens with one attached hydrogen (secondary N) is 1. The van der Waals surface area contributed by atoms with Crippen LogP contribution in [0.2, 0.25) is 0 Å². The lowest BCUT2D eigenvalue weighted by Gasteiger charge is -2.29. The molecule has 0 unspecified atom stereocenters. The van der Waals surface area contributed by atoms with Crippen LogP contribution in [0.5, 0.6) is 0 Å². The Bertz CT molecular complexity index is 447. The van der Waals surface area contributed by atoms with E-state index in [1.165, 1.54) is 0 Å². The van der Waals surface area contributed by atoms with Gasteiger partial charge in [-0.25, -0.2) is 0 Å². The molecule has 1 aromatic carbocycles. The summed E-state index contributed by atoms with van der Waals surface area (Å²) in [6.45, 7) is 4.51. The Hall–Kier alpha value is -1.88. The summed E-state index contributed by atoms with van der Waals surface area (Å²) in [4.78, 5) is 27.2. The maximum atomic E-state index is 12.3. The molecule has 0 aromatic heterocycles. The van der Waals surface area contributed by atoms with Crippen LogP contribution in [-0.2, 0) is 9.59 Å². The second kappa shape index (κ2) is 6.33. The molecule has 5 heteroatoms. The molecule has 0 saturated carbocycles. The molecule has 1 saturated heterocycles. The highest BCUT2D eigenvalue weighted by Crippen LogP contribution is 2.13. The number of carbonyl (C=O) groups is 2. The van der Waals surface area contributed by atoms with Crippen LogP contribution in [0, 0.1) is 0 Å². The first-order valence-corrected chi connectivity index (χ1v) is 6.55. The molecule has 19 heavy (non-hydrogen) atoms. The van der Waals surface area contributed by atoms with E-state index in [9.17, 15) is 9.59 Å². The molecule has 1 aromatic rings. The maximum absolute atomic E-state index is 12.3. The van der Waals surface area contributed by atoms with Gasteiger partial charge in [0.25, 0.3) is 0 Å². The van der Waals surface area contributed by atoms with E-state index in [0.29, 0.717) is 19.6 Å². The van der Waals surface area contributed by atoms with Gasteiger partial charge in [0.15, 0.2) is 0 Å². The molecule has 0 radical (unpaired) electrons. The molecule has 0 bridgehead atoms. The van der Waals surface area contributed by atoms with Gasteiger partial charge in [0.1, 0.15) is 0 Å². The van der Waals surface area contributed by atoms with Crippen molar-refractivity contribution in [1.82, 2.24) is 10.2 Å². The van der Waals surface area contributed by atoms with Crippen molar-refractivity contribution in [3.8, 4) is 0 Å². The van der Waals surface area contributed by atoms with Gasteiger partial charge in [-0.15, -0.1) is 0 Å². The monoisotopic (exact) mass is 261 g/mol. The first kappa shape index (κ1) is 13.5. The number of rotatable bonds is 4. The van der Waals surface area contributed by atoms with E-state index >= 15 is 0 Å². The van der Waals surface area contributed by atoms with E-state index < -0.39 is 0 Å². The van der Waals surface area contributed by atoms with E-state index in [-0.39, 0.29) is 18.4 Å². The Morgan fingerprint density at radius 3 is 2.74 bits per heavy atom. The van der Waals surface area contributed by atoms with Gasteiger partial charge in [0.05, 0.1) is 13.1 Å². The molecule has 1 aliphatic rings. The SMILES string of the molecule is CCN(C(=O)CN1CCNC(=O)C1)c1ccccc1. The Labute approximate surface area is 113 Å². The van der Waals surface area contributed by atoms with Crippen LogP contribution in [0.25, 0.3) is 0 Å². The lowest BCUT2D eigenvalue weighted by Crippen LogP contribution is -2.51. The van der Waals surface area contributed by atoms with Gasteiger partial charge < -0.3 is 10.2 Å². The zero-order valence-corrected chi connectivity index (χ0v) is 11.1. The predicted molar refractivity (Wildman–Crippen MR) is 73.9 cm³/mol. The average molecular weight is 261 g/mol. The molecule has 0 atom stereocenters. The number of hydrogen-bond donors (Lipinski definition) is 1. The summed E-state index contributed by atoms with van der Waals surface area (Å²) in [6.07, 6.45) is 0. The molecule has 102 valence electrons. The number of likely N-dealkylation sites (N-methyl/N-ethyl adjacent to an activating group) is 1. The summed E-state index contributed by atoms with van der Waals surface area (Å²) in [5.74, 6) is 0.0187. The van der Waals surface area contributed by atoms with Crippen molar-refractivity contribution in [2.24, 2.45) is 0 Å². The number of piperazine rings is 1. The molecular formula is C14H19N3O2. The van der Waals surface area contributed by atoms with Gasteiger partial charge in [-0.2, -0.15) is 0 Å². The summed E-state index contributed by atoms with van der Waals surface area (Å²) < 4.78 is 0. The minimum Gasteiger partial charge on any atom is -0.354 e. The smallest absolute Gasteiger partial charge is 0.241 e. The lowest BCUT2D eigenvalue weighted by atomic mass is 10.2. The van der Waals surface area contributed by atoms with Crippen molar-refractivity contribution < 1.29 is 9.59 Å². The van der Waals surface area contributed by atoms with Gasteiger partial charge in [-0.05, 0) is 19.1 Å². The van der Waals surface area contributed by atoms with Gasteiger partial charge in [0, 0.05) is 25.3 Å². The molecule has 1 heterocycles. The van der Waals surface area contributed by atoms with Crippen LogP contribution in [-0.4, -0.2) is 49.4 Å². The Morgan fingerprint density at radius 2 is 2.11 bits per heavy atom. The average Bonchev–Trinajstić information content (AvgIpc) is 2.41. The summed E-state index contributed by atoms with van der Waals surface area (Å²) in [5, 5.41) is 2.75. The molecule has 1 fully saturated rings. The third kappa shape index (κ3) is 3.54. The Balaban J connectivity index is 1.99. The van der Waals surface area contributed by atoms with E-state index in [0.717, 1.165) is 12.2 Å². The molecule has 5 nitrogen and oxygen atoms in total. The fourth-order valence-corrected chi connectivity index (χ4v) is 2.21. The summed E-state index contributed by atoms with van der Waals surface area (Å²) in [7, 11) is 0. The van der Waals surface area contributed by atoms with E-state index in [1.807, 2.05) is 42.2 Å².